The van der Waals surface area contributed by atoms with Gasteiger partial charge in [-0.25, -0.2) is 8.78 Å². The van der Waals surface area contributed by atoms with E-state index in [-0.39, 0.29) is 5.57 Å². The molecule has 4 aliphatic rings. The maximum atomic E-state index is 13.7. The number of hydrogen-bond donors (Lipinski definition) is 2. The van der Waals surface area contributed by atoms with Crippen LogP contribution >= 0.6 is 0 Å². The van der Waals surface area contributed by atoms with Crippen molar-refractivity contribution < 1.29 is 58.9 Å². The third-order valence-corrected chi connectivity index (χ3v) is 7.16. The Hall–Kier alpha value is -2.93. The van der Waals surface area contributed by atoms with E-state index in [4.69, 9.17) is 0 Å². The van der Waals surface area contributed by atoms with Gasteiger partial charge in [0.15, 0.2) is 17.0 Å². The lowest BCUT2D eigenvalue weighted by Gasteiger charge is -2.30. The summed E-state index contributed by atoms with van der Waals surface area (Å²) in [5.41, 5.74) is -11.6. The van der Waals surface area contributed by atoms with Crippen LogP contribution in [0.15, 0.2) is 30.8 Å². The van der Waals surface area contributed by atoms with Crippen LogP contribution in [0.2, 0.25) is 0 Å². The molecule has 6 rings (SSSR count). The van der Waals surface area contributed by atoms with Gasteiger partial charge in [-0.3, -0.25) is 4.79 Å². The largest absolute Gasteiger partial charge is 0.378 e. The Balaban J connectivity index is 0.000000148. The molecule has 0 aromatic heterocycles. The van der Waals surface area contributed by atoms with E-state index in [0.29, 0.717) is 24.3 Å². The lowest BCUT2D eigenvalue weighted by Crippen LogP contribution is -2.48. The molecule has 2 aromatic rings. The Labute approximate surface area is 194 Å². The van der Waals surface area contributed by atoms with E-state index in [2.05, 4.69) is 6.58 Å². The number of aliphatic hydroxyl groups is 2. The summed E-state index contributed by atoms with van der Waals surface area (Å²) < 4.78 is 136. The van der Waals surface area contributed by atoms with Gasteiger partial charge in [0.1, 0.15) is 11.6 Å². The fourth-order valence-corrected chi connectivity index (χ4v) is 5.44. The maximum absolute atomic E-state index is 13.7. The molecule has 0 spiro atoms. The summed E-state index contributed by atoms with van der Waals surface area (Å²) in [4.78, 5) is 11.4. The van der Waals surface area contributed by atoms with Crippen molar-refractivity contribution in [3.05, 3.63) is 75.9 Å². The maximum Gasteiger partial charge on any atom is 0.347 e. The molecule has 2 atom stereocenters. The van der Waals surface area contributed by atoms with Gasteiger partial charge in [0.05, 0.1) is 12.0 Å². The van der Waals surface area contributed by atoms with Crippen LogP contribution in [0.5, 0.6) is 0 Å². The summed E-state index contributed by atoms with van der Waals surface area (Å²) in [5.74, 6) is -21.9. The van der Waals surface area contributed by atoms with E-state index in [1.807, 2.05) is 0 Å². The summed E-state index contributed by atoms with van der Waals surface area (Å²) >= 11 is 0. The van der Waals surface area contributed by atoms with Gasteiger partial charge in [-0.05, 0) is 29.8 Å². The van der Waals surface area contributed by atoms with Crippen molar-refractivity contribution in [2.24, 2.45) is 0 Å². The molecular weight excluding hydrogens is 514 g/mol. The standard InChI is InChI=1S/C12H7F5O.C11H5F5O2/c1-5-4-10(18)9-6(2-3-7(13)8(5)9)11(14,15)12(10,16)17;12-5-2-1-4-8-7(5)6(17)3-9(8,18)11(15,16)10(4,13)14/h2-3,18H,1,4H2;1-2,18H,3H2. The molecule has 0 bridgehead atoms. The number of benzene rings is 2. The molecule has 0 aliphatic heterocycles. The summed E-state index contributed by atoms with van der Waals surface area (Å²) in [6.45, 7) is 3.36. The average Bonchev–Trinajstić information content (AvgIpc) is 3.28. The number of ketones is 1. The fraction of sp³-hybridized carbons (Fsp3) is 0.348. The SMILES string of the molecule is C=C1CC2(O)c3c(ccc(F)c31)C(F)(F)C2(F)F.O=C1CC2(O)c3c(ccc(F)c31)C(F)(F)C2(F)F. The summed E-state index contributed by atoms with van der Waals surface area (Å²) in [6, 6.07) is 2.31. The topological polar surface area (TPSA) is 57.5 Å². The first-order chi connectivity index (χ1) is 16.3. The van der Waals surface area contributed by atoms with Gasteiger partial charge < -0.3 is 10.2 Å². The number of carbonyl (C=O) groups excluding carboxylic acids is 1. The number of alkyl halides is 8. The molecule has 0 heterocycles. The molecule has 2 aromatic carbocycles. The third-order valence-electron chi connectivity index (χ3n) is 7.16. The number of halogens is 10. The van der Waals surface area contributed by atoms with E-state index in [9.17, 15) is 58.9 Å². The van der Waals surface area contributed by atoms with E-state index in [1.54, 1.807) is 0 Å². The van der Waals surface area contributed by atoms with Crippen molar-refractivity contribution in [1.29, 1.82) is 0 Å². The molecule has 2 unspecified atom stereocenters. The quantitative estimate of drug-likeness (QED) is 0.446. The van der Waals surface area contributed by atoms with Crippen LogP contribution in [-0.4, -0.2) is 27.8 Å². The molecule has 2 N–H and O–H groups in total. The molecule has 13 heteroatoms. The molecule has 36 heavy (non-hydrogen) atoms. The van der Waals surface area contributed by atoms with Crippen LogP contribution in [-0.2, 0) is 23.0 Å². The van der Waals surface area contributed by atoms with Crippen molar-refractivity contribution in [1.82, 2.24) is 0 Å². The molecule has 192 valence electrons. The summed E-state index contributed by atoms with van der Waals surface area (Å²) in [6.07, 6.45) is -2.03. The second kappa shape index (κ2) is 6.49. The van der Waals surface area contributed by atoms with E-state index in [1.165, 1.54) is 0 Å². The Morgan fingerprint density at radius 3 is 1.53 bits per heavy atom. The Morgan fingerprint density at radius 1 is 0.667 bits per heavy atom. The minimum absolute atomic E-state index is 0.0953. The zero-order valence-electron chi connectivity index (χ0n) is 17.5. The normalized spacial score (nSPS) is 30.7. The van der Waals surface area contributed by atoms with E-state index >= 15 is 0 Å². The van der Waals surface area contributed by atoms with Crippen molar-refractivity contribution in [3.63, 3.8) is 0 Å². The molecule has 0 fully saturated rings. The monoisotopic (exact) mass is 526 g/mol. The molecule has 0 amide bonds. The third kappa shape index (κ3) is 2.36. The molecule has 3 nitrogen and oxygen atoms in total. The van der Waals surface area contributed by atoms with Gasteiger partial charge in [0, 0.05) is 34.2 Å². The predicted molar refractivity (Wildman–Crippen MR) is 101 cm³/mol. The van der Waals surface area contributed by atoms with Gasteiger partial charge in [-0.2, -0.15) is 35.1 Å². The minimum Gasteiger partial charge on any atom is -0.378 e. The summed E-state index contributed by atoms with van der Waals surface area (Å²) in [5, 5.41) is 19.7. The molecule has 0 saturated carbocycles. The van der Waals surface area contributed by atoms with Crippen LogP contribution in [0, 0.1) is 11.6 Å². The molecule has 0 radical (unpaired) electrons. The van der Waals surface area contributed by atoms with Crippen LogP contribution < -0.4 is 0 Å². The van der Waals surface area contributed by atoms with Gasteiger partial charge in [-0.15, -0.1) is 0 Å². The minimum atomic E-state index is -4.84. The predicted octanol–water partition coefficient (Wildman–Crippen LogP) is 5.51. The van der Waals surface area contributed by atoms with Crippen LogP contribution in [0.25, 0.3) is 5.57 Å². The molecule has 4 aliphatic carbocycles. The highest BCUT2D eigenvalue weighted by Crippen LogP contribution is 2.67. The van der Waals surface area contributed by atoms with Gasteiger partial charge >= 0.3 is 23.7 Å². The highest BCUT2D eigenvalue weighted by atomic mass is 19.3. The Bertz CT molecular complexity index is 1290. The number of hydrogen-bond acceptors (Lipinski definition) is 3. The van der Waals surface area contributed by atoms with Gasteiger partial charge in [0.25, 0.3) is 0 Å². The second-order valence-corrected chi connectivity index (χ2v) is 9.09. The molecular formula is C23H12F10O3. The van der Waals surface area contributed by atoms with Crippen LogP contribution in [0.4, 0.5) is 43.9 Å². The number of Topliss-reactive ketones (excluding diaryl/α,β-unsaturated/α-hetero) is 1. The van der Waals surface area contributed by atoms with Crippen LogP contribution in [0.1, 0.15) is 51.0 Å². The van der Waals surface area contributed by atoms with Crippen molar-refractivity contribution in [2.45, 2.75) is 47.7 Å². The fourth-order valence-electron chi connectivity index (χ4n) is 5.44. The summed E-state index contributed by atoms with van der Waals surface area (Å²) in [7, 11) is 0. The zero-order valence-corrected chi connectivity index (χ0v) is 17.5. The first kappa shape index (κ1) is 24.8. The zero-order chi connectivity index (χ0) is 27.0. The molecule has 0 saturated heterocycles. The van der Waals surface area contributed by atoms with E-state index < -0.39 is 98.5 Å². The Kier molecular flexibility index (Phi) is 4.46. The highest BCUT2D eigenvalue weighted by Gasteiger charge is 2.79. The van der Waals surface area contributed by atoms with Crippen LogP contribution in [0.3, 0.4) is 0 Å². The first-order valence-corrected chi connectivity index (χ1v) is 10.1. The average molecular weight is 526 g/mol. The van der Waals surface area contributed by atoms with Crippen molar-refractivity contribution in [2.75, 3.05) is 0 Å². The first-order valence-electron chi connectivity index (χ1n) is 10.1. The Morgan fingerprint density at radius 2 is 1.06 bits per heavy atom. The lowest BCUT2D eigenvalue weighted by molar-refractivity contribution is -0.283. The highest BCUT2D eigenvalue weighted by molar-refractivity contribution is 6.03. The lowest BCUT2D eigenvalue weighted by atomic mass is 9.94. The second-order valence-electron chi connectivity index (χ2n) is 9.09. The van der Waals surface area contributed by atoms with E-state index in [0.717, 1.165) is 0 Å². The number of carbonyl (C=O) groups is 1. The van der Waals surface area contributed by atoms with Gasteiger partial charge in [0.2, 0.25) is 0 Å². The van der Waals surface area contributed by atoms with Crippen molar-refractivity contribution in [3.8, 4) is 0 Å². The van der Waals surface area contributed by atoms with Gasteiger partial charge in [-0.1, -0.05) is 6.58 Å². The van der Waals surface area contributed by atoms with Crippen molar-refractivity contribution >= 4 is 11.4 Å². The number of rotatable bonds is 0. The smallest absolute Gasteiger partial charge is 0.347 e.